The van der Waals surface area contributed by atoms with E-state index in [0.29, 0.717) is 34.9 Å². The zero-order valence-corrected chi connectivity index (χ0v) is 19.0. The van der Waals surface area contributed by atoms with Crippen LogP contribution in [0.15, 0.2) is 57.1 Å². The number of nitriles is 1. The van der Waals surface area contributed by atoms with Crippen molar-refractivity contribution in [1.82, 2.24) is 0 Å². The Morgan fingerprint density at radius 2 is 1.87 bits per heavy atom. The lowest BCUT2D eigenvalue weighted by Crippen LogP contribution is -2.32. The topological polar surface area (TPSA) is 71.7 Å². The maximum atomic E-state index is 13.4. The summed E-state index contributed by atoms with van der Waals surface area (Å²) in [5.74, 6) is 0.426. The van der Waals surface area contributed by atoms with E-state index in [0.717, 1.165) is 27.0 Å². The largest absolute Gasteiger partial charge is 0.454 e. The maximum absolute atomic E-state index is 13.4. The molecular formula is C24H18BrClN2O3. The monoisotopic (exact) mass is 496 g/mol. The smallest absolute Gasteiger partial charge is 0.231 e. The van der Waals surface area contributed by atoms with E-state index in [1.807, 2.05) is 43.3 Å². The molecule has 0 saturated heterocycles. The lowest BCUT2D eigenvalue weighted by Gasteiger charge is -2.35. The molecule has 0 N–H and O–H groups in total. The fraction of sp³-hybridized carbons (Fsp3) is 0.292. The number of allylic oxidation sites excluding steroid dienone is 2. The van der Waals surface area contributed by atoms with Gasteiger partial charge in [-0.05, 0) is 54.7 Å². The Hall–Kier alpha value is -2.62. The first-order valence-electron chi connectivity index (χ1n) is 10.0. The predicted octanol–water partition coefficient (Wildman–Crippen LogP) is 5.93. The van der Waals surface area contributed by atoms with Crippen molar-refractivity contribution in [2.75, 3.05) is 6.79 Å². The van der Waals surface area contributed by atoms with E-state index in [2.05, 4.69) is 22.0 Å². The molecule has 0 fully saturated rings. The second-order valence-corrected chi connectivity index (χ2v) is 9.30. The van der Waals surface area contributed by atoms with Crippen molar-refractivity contribution < 1.29 is 14.3 Å². The van der Waals surface area contributed by atoms with Crippen LogP contribution < -0.4 is 9.47 Å². The van der Waals surface area contributed by atoms with Crippen LogP contribution in [0.2, 0.25) is 5.02 Å². The molecule has 1 aliphatic carbocycles. The first-order chi connectivity index (χ1) is 15.0. The highest BCUT2D eigenvalue weighted by atomic mass is 79.9. The summed E-state index contributed by atoms with van der Waals surface area (Å²) < 4.78 is 11.8. The fourth-order valence-electron chi connectivity index (χ4n) is 4.70. The van der Waals surface area contributed by atoms with Gasteiger partial charge in [-0.3, -0.25) is 9.79 Å². The Bertz CT molecular complexity index is 1200. The van der Waals surface area contributed by atoms with E-state index in [-0.39, 0.29) is 18.5 Å². The van der Waals surface area contributed by atoms with Crippen LogP contribution in [0.3, 0.4) is 0 Å². The van der Waals surface area contributed by atoms with Crippen molar-refractivity contribution in [1.29, 1.82) is 5.26 Å². The molecule has 2 aromatic rings. The molecule has 3 aliphatic rings. The van der Waals surface area contributed by atoms with Gasteiger partial charge >= 0.3 is 0 Å². The second kappa shape index (κ2) is 7.81. The molecule has 0 aromatic heterocycles. The average molecular weight is 498 g/mol. The molecule has 7 heteroatoms. The summed E-state index contributed by atoms with van der Waals surface area (Å²) in [7, 11) is 0. The SMILES string of the molecule is CC1=NC2=C(C(=O)C[C@@H](c3ccc(Cl)cc3)C2)[C@H](c2cc3c(cc2Br)OCO3)C1C#N. The van der Waals surface area contributed by atoms with Gasteiger partial charge in [0.25, 0.3) is 0 Å². The molecule has 2 aliphatic heterocycles. The van der Waals surface area contributed by atoms with E-state index in [4.69, 9.17) is 26.1 Å². The van der Waals surface area contributed by atoms with Gasteiger partial charge in [0.15, 0.2) is 17.3 Å². The Morgan fingerprint density at radius 1 is 1.16 bits per heavy atom. The van der Waals surface area contributed by atoms with Crippen molar-refractivity contribution in [3.63, 3.8) is 0 Å². The van der Waals surface area contributed by atoms with Gasteiger partial charge in [-0.15, -0.1) is 0 Å². The molecule has 2 aromatic carbocycles. The van der Waals surface area contributed by atoms with Gasteiger partial charge in [-0.1, -0.05) is 39.7 Å². The van der Waals surface area contributed by atoms with Gasteiger partial charge in [0, 0.05) is 38.8 Å². The molecular weight excluding hydrogens is 480 g/mol. The van der Waals surface area contributed by atoms with Crippen molar-refractivity contribution in [2.24, 2.45) is 10.9 Å². The van der Waals surface area contributed by atoms with Crippen molar-refractivity contribution in [3.05, 3.63) is 68.3 Å². The Labute approximate surface area is 193 Å². The van der Waals surface area contributed by atoms with E-state index >= 15 is 0 Å². The zero-order valence-electron chi connectivity index (χ0n) is 16.7. The number of carbonyl (C=O) groups excluding carboxylic acids is 1. The summed E-state index contributed by atoms with van der Waals surface area (Å²) in [6.45, 7) is 2.02. The number of ether oxygens (including phenoxy) is 2. The minimum absolute atomic E-state index is 0.0345. The summed E-state index contributed by atoms with van der Waals surface area (Å²) in [4.78, 5) is 18.2. The van der Waals surface area contributed by atoms with E-state index in [1.54, 1.807) is 0 Å². The Kier molecular flexibility index (Phi) is 5.11. The third kappa shape index (κ3) is 3.46. The molecule has 0 radical (unpaired) electrons. The van der Waals surface area contributed by atoms with Gasteiger partial charge in [0.05, 0.1) is 12.0 Å². The van der Waals surface area contributed by atoms with Crippen LogP contribution in [0.4, 0.5) is 0 Å². The standard InChI is InChI=1S/C24H18BrClN2O3/c1-12-17(10-27)23(16-8-21-22(9-18(16)25)31-11-30-21)24-19(28-12)6-14(7-20(24)29)13-2-4-15(26)5-3-13/h2-5,8-9,14,17,23H,6-7,11H2,1H3/t14-,17?,23+/m0/s1. The number of ketones is 1. The number of aliphatic imine (C=N–C) groups is 1. The highest BCUT2D eigenvalue weighted by molar-refractivity contribution is 9.10. The number of Topliss-reactive ketones (excluding diaryl/α,β-unsaturated/α-hetero) is 1. The average Bonchev–Trinajstić information content (AvgIpc) is 3.19. The predicted molar refractivity (Wildman–Crippen MR) is 121 cm³/mol. The lowest BCUT2D eigenvalue weighted by molar-refractivity contribution is -0.116. The minimum atomic E-state index is -0.522. The normalized spacial score (nSPS) is 24.5. The molecule has 0 saturated carbocycles. The van der Waals surface area contributed by atoms with E-state index in [1.165, 1.54) is 0 Å². The number of hydrogen-bond acceptors (Lipinski definition) is 5. The minimum Gasteiger partial charge on any atom is -0.454 e. The van der Waals surface area contributed by atoms with Gasteiger partial charge < -0.3 is 9.47 Å². The van der Waals surface area contributed by atoms with Crippen molar-refractivity contribution in [3.8, 4) is 17.6 Å². The molecule has 31 heavy (non-hydrogen) atoms. The molecule has 0 amide bonds. The summed E-state index contributed by atoms with van der Waals surface area (Å²) in [5.41, 5.74) is 4.05. The van der Waals surface area contributed by atoms with Crippen LogP contribution in [-0.2, 0) is 4.79 Å². The zero-order chi connectivity index (χ0) is 21.7. The van der Waals surface area contributed by atoms with Gasteiger partial charge in [0.1, 0.15) is 0 Å². The number of halogens is 2. The first kappa shape index (κ1) is 20.3. The number of rotatable bonds is 2. The number of fused-ring (bicyclic) bond motifs is 1. The molecule has 0 spiro atoms. The van der Waals surface area contributed by atoms with Crippen LogP contribution in [0, 0.1) is 17.2 Å². The molecule has 1 unspecified atom stereocenters. The van der Waals surface area contributed by atoms with E-state index < -0.39 is 11.8 Å². The third-order valence-electron chi connectivity index (χ3n) is 6.20. The summed E-state index contributed by atoms with van der Waals surface area (Å²) in [6, 6.07) is 13.7. The molecule has 2 heterocycles. The third-order valence-corrected chi connectivity index (χ3v) is 7.13. The van der Waals surface area contributed by atoms with Crippen molar-refractivity contribution >= 4 is 39.0 Å². The number of hydrogen-bond donors (Lipinski definition) is 0. The molecule has 0 bridgehead atoms. The lowest BCUT2D eigenvalue weighted by atomic mass is 9.69. The molecule has 156 valence electrons. The molecule has 5 nitrogen and oxygen atoms in total. The second-order valence-electron chi connectivity index (χ2n) is 8.00. The Balaban J connectivity index is 1.61. The maximum Gasteiger partial charge on any atom is 0.231 e. The number of nitrogens with zero attached hydrogens (tertiary/aromatic N) is 2. The van der Waals surface area contributed by atoms with Crippen molar-refractivity contribution in [2.45, 2.75) is 31.6 Å². The fourth-order valence-corrected chi connectivity index (χ4v) is 5.40. The quantitative estimate of drug-likeness (QED) is 0.515. The van der Waals surface area contributed by atoms with Gasteiger partial charge in [-0.25, -0.2) is 0 Å². The number of benzene rings is 2. The van der Waals surface area contributed by atoms with Crippen LogP contribution in [0.1, 0.15) is 42.7 Å². The molecule has 3 atom stereocenters. The highest BCUT2D eigenvalue weighted by Gasteiger charge is 2.42. The summed E-state index contributed by atoms with van der Waals surface area (Å²) >= 11 is 9.65. The van der Waals surface area contributed by atoms with E-state index in [9.17, 15) is 10.1 Å². The summed E-state index contributed by atoms with van der Waals surface area (Å²) in [6.07, 6.45) is 1.03. The number of carbonyl (C=O) groups is 1. The van der Waals surface area contributed by atoms with Crippen LogP contribution >= 0.6 is 27.5 Å². The van der Waals surface area contributed by atoms with Gasteiger partial charge in [-0.2, -0.15) is 5.26 Å². The molecule has 5 rings (SSSR count). The summed E-state index contributed by atoms with van der Waals surface area (Å²) in [5, 5.41) is 10.6. The first-order valence-corrected chi connectivity index (χ1v) is 11.2. The van der Waals surface area contributed by atoms with Crippen LogP contribution in [-0.4, -0.2) is 18.3 Å². The Morgan fingerprint density at radius 3 is 2.58 bits per heavy atom. The van der Waals surface area contributed by atoms with Crippen LogP contribution in [0.25, 0.3) is 0 Å². The van der Waals surface area contributed by atoms with Gasteiger partial charge in [0.2, 0.25) is 6.79 Å². The highest BCUT2D eigenvalue weighted by Crippen LogP contribution is 2.50. The van der Waals surface area contributed by atoms with Crippen LogP contribution in [0.5, 0.6) is 11.5 Å².